The van der Waals surface area contributed by atoms with Crippen LogP contribution in [0.3, 0.4) is 0 Å². The van der Waals surface area contributed by atoms with E-state index in [4.69, 9.17) is 9.26 Å². The van der Waals surface area contributed by atoms with E-state index in [9.17, 15) is 9.59 Å². The van der Waals surface area contributed by atoms with Gasteiger partial charge in [-0.3, -0.25) is 4.79 Å². The number of nitrogens with one attached hydrogen (secondary N) is 1. The summed E-state index contributed by atoms with van der Waals surface area (Å²) < 4.78 is 10.8. The molecule has 1 aliphatic carbocycles. The molecular weight excluding hydrogens is 346 g/mol. The lowest BCUT2D eigenvalue weighted by Gasteiger charge is -2.48. The van der Waals surface area contributed by atoms with Crippen molar-refractivity contribution in [3.63, 3.8) is 0 Å². The van der Waals surface area contributed by atoms with Crippen molar-refractivity contribution in [2.45, 2.75) is 95.4 Å². The second kappa shape index (κ2) is 6.84. The quantitative estimate of drug-likeness (QED) is 0.872. The highest BCUT2D eigenvalue weighted by atomic mass is 16.6. The Hall–Kier alpha value is -2.05. The number of amides is 2. The second-order valence-corrected chi connectivity index (χ2v) is 9.15. The molecule has 1 aromatic rings. The molecular formula is C20H29N3O4. The summed E-state index contributed by atoms with van der Waals surface area (Å²) in [4.78, 5) is 27.2. The number of rotatable bonds is 3. The first kappa shape index (κ1) is 18.3. The van der Waals surface area contributed by atoms with E-state index in [-0.39, 0.29) is 30.1 Å². The van der Waals surface area contributed by atoms with Crippen LogP contribution in [0.4, 0.5) is 4.79 Å². The lowest BCUT2D eigenvalue weighted by atomic mass is 9.81. The molecule has 3 aliphatic rings. The summed E-state index contributed by atoms with van der Waals surface area (Å²) in [6.45, 7) is 5.57. The Labute approximate surface area is 159 Å². The minimum Gasteiger partial charge on any atom is -0.444 e. The molecule has 2 amide bonds. The number of alkyl carbamates (subject to hydrolysis) is 1. The van der Waals surface area contributed by atoms with Crippen LogP contribution in [0.1, 0.15) is 87.9 Å². The van der Waals surface area contributed by atoms with Crippen LogP contribution >= 0.6 is 0 Å². The largest absolute Gasteiger partial charge is 0.444 e. The van der Waals surface area contributed by atoms with Crippen LogP contribution in [0.5, 0.6) is 0 Å². The monoisotopic (exact) mass is 375 g/mol. The Bertz CT molecular complexity index is 705. The van der Waals surface area contributed by atoms with E-state index in [2.05, 4.69) is 10.5 Å². The molecule has 2 bridgehead atoms. The maximum atomic E-state index is 13.1. The van der Waals surface area contributed by atoms with Gasteiger partial charge in [-0.1, -0.05) is 5.16 Å². The van der Waals surface area contributed by atoms with E-state index in [0.29, 0.717) is 11.6 Å². The van der Waals surface area contributed by atoms with Gasteiger partial charge in [-0.15, -0.1) is 0 Å². The molecule has 148 valence electrons. The molecule has 2 aliphatic heterocycles. The van der Waals surface area contributed by atoms with Gasteiger partial charge in [0.25, 0.3) is 5.91 Å². The van der Waals surface area contributed by atoms with Gasteiger partial charge in [0.2, 0.25) is 0 Å². The van der Waals surface area contributed by atoms with Gasteiger partial charge in [-0.05, 0) is 65.7 Å². The molecule has 3 fully saturated rings. The highest BCUT2D eigenvalue weighted by molar-refractivity contribution is 5.93. The number of nitrogens with zero attached hydrogens (tertiary/aromatic N) is 2. The first-order valence-corrected chi connectivity index (χ1v) is 10.1. The van der Waals surface area contributed by atoms with E-state index in [0.717, 1.165) is 50.7 Å². The van der Waals surface area contributed by atoms with Crippen LogP contribution < -0.4 is 5.32 Å². The lowest BCUT2D eigenvalue weighted by molar-refractivity contribution is 0.0151. The molecule has 1 saturated carbocycles. The molecule has 7 heteroatoms. The number of hydrogen-bond donors (Lipinski definition) is 1. The first-order chi connectivity index (χ1) is 12.8. The standard InChI is InChI=1S/C20H29N3O4/c1-20(2,3)26-19(25)21-13-9-14-5-4-6-15(10-13)23(14)18(24)16-11-17(27-22-16)12-7-8-12/h11-15H,4-10H2,1-3H3,(H,21,25). The SMILES string of the molecule is CC(C)(C)OC(=O)NC1CC2CCCC(C1)N2C(=O)c1cc(C2CC2)on1. The molecule has 7 nitrogen and oxygen atoms in total. The zero-order valence-corrected chi connectivity index (χ0v) is 16.4. The van der Waals surface area contributed by atoms with Gasteiger partial charge in [0.15, 0.2) is 5.69 Å². The molecule has 2 unspecified atom stereocenters. The summed E-state index contributed by atoms with van der Waals surface area (Å²) in [6, 6.07) is 2.12. The van der Waals surface area contributed by atoms with Gasteiger partial charge < -0.3 is 19.5 Å². The fourth-order valence-electron chi connectivity index (χ4n) is 4.39. The number of carbonyl (C=O) groups is 2. The average Bonchev–Trinajstić information content (AvgIpc) is 3.29. The zero-order valence-electron chi connectivity index (χ0n) is 16.4. The van der Waals surface area contributed by atoms with Crippen molar-refractivity contribution in [1.82, 2.24) is 15.4 Å². The molecule has 4 rings (SSSR count). The van der Waals surface area contributed by atoms with Crippen molar-refractivity contribution in [2.75, 3.05) is 0 Å². The number of aromatic nitrogens is 1. The molecule has 1 N–H and O–H groups in total. The molecule has 0 radical (unpaired) electrons. The molecule has 0 spiro atoms. The number of ether oxygens (including phenoxy) is 1. The van der Waals surface area contributed by atoms with E-state index in [1.807, 2.05) is 31.7 Å². The maximum Gasteiger partial charge on any atom is 0.407 e. The number of hydrogen-bond acceptors (Lipinski definition) is 5. The molecule has 0 aromatic carbocycles. The van der Waals surface area contributed by atoms with Gasteiger partial charge in [0.1, 0.15) is 11.4 Å². The first-order valence-electron chi connectivity index (χ1n) is 10.1. The van der Waals surface area contributed by atoms with E-state index in [1.54, 1.807) is 0 Å². The van der Waals surface area contributed by atoms with Crippen LogP contribution in [-0.4, -0.2) is 45.8 Å². The second-order valence-electron chi connectivity index (χ2n) is 9.15. The predicted molar refractivity (Wildman–Crippen MR) is 98.5 cm³/mol. The maximum absolute atomic E-state index is 13.1. The topological polar surface area (TPSA) is 84.7 Å². The Morgan fingerprint density at radius 3 is 2.44 bits per heavy atom. The van der Waals surface area contributed by atoms with Crippen molar-refractivity contribution in [3.8, 4) is 0 Å². The van der Waals surface area contributed by atoms with Crippen LogP contribution in [0, 0.1) is 0 Å². The van der Waals surface area contributed by atoms with Gasteiger partial charge in [0.05, 0.1) is 0 Å². The normalized spacial score (nSPS) is 28.0. The third-order valence-corrected chi connectivity index (χ3v) is 5.66. The van der Waals surface area contributed by atoms with Gasteiger partial charge in [-0.2, -0.15) is 0 Å². The fourth-order valence-corrected chi connectivity index (χ4v) is 4.39. The Morgan fingerprint density at radius 1 is 1.19 bits per heavy atom. The lowest BCUT2D eigenvalue weighted by Crippen LogP contribution is -2.59. The highest BCUT2D eigenvalue weighted by Gasteiger charge is 2.43. The van der Waals surface area contributed by atoms with Crippen molar-refractivity contribution >= 4 is 12.0 Å². The Balaban J connectivity index is 1.42. The van der Waals surface area contributed by atoms with Gasteiger partial charge in [-0.25, -0.2) is 4.79 Å². The summed E-state index contributed by atoms with van der Waals surface area (Å²) in [5.74, 6) is 1.25. The fraction of sp³-hybridized carbons (Fsp3) is 0.750. The molecule has 2 atom stereocenters. The number of fused-ring (bicyclic) bond motifs is 2. The minimum absolute atomic E-state index is 0.0314. The van der Waals surface area contributed by atoms with Crippen LogP contribution in [0.2, 0.25) is 0 Å². The predicted octanol–water partition coefficient (Wildman–Crippen LogP) is 3.60. The third kappa shape index (κ3) is 4.12. The molecule has 27 heavy (non-hydrogen) atoms. The third-order valence-electron chi connectivity index (χ3n) is 5.66. The van der Waals surface area contributed by atoms with Crippen molar-refractivity contribution in [3.05, 3.63) is 17.5 Å². The molecule has 3 heterocycles. The van der Waals surface area contributed by atoms with Crippen molar-refractivity contribution in [2.24, 2.45) is 0 Å². The summed E-state index contributed by atoms with van der Waals surface area (Å²) in [6.07, 6.45) is 6.42. The summed E-state index contributed by atoms with van der Waals surface area (Å²) in [5, 5.41) is 7.03. The van der Waals surface area contributed by atoms with E-state index >= 15 is 0 Å². The van der Waals surface area contributed by atoms with Gasteiger partial charge >= 0.3 is 6.09 Å². The zero-order chi connectivity index (χ0) is 19.2. The van der Waals surface area contributed by atoms with E-state index < -0.39 is 5.60 Å². The Kier molecular flexibility index (Phi) is 4.64. The number of piperidine rings is 2. The summed E-state index contributed by atoms with van der Waals surface area (Å²) in [5.41, 5.74) is -0.0876. The van der Waals surface area contributed by atoms with Crippen LogP contribution in [-0.2, 0) is 4.74 Å². The number of carbonyl (C=O) groups excluding carboxylic acids is 2. The van der Waals surface area contributed by atoms with Crippen molar-refractivity contribution < 1.29 is 18.8 Å². The summed E-state index contributed by atoms with van der Waals surface area (Å²) >= 11 is 0. The van der Waals surface area contributed by atoms with Crippen LogP contribution in [0.15, 0.2) is 10.6 Å². The molecule has 2 saturated heterocycles. The average molecular weight is 375 g/mol. The van der Waals surface area contributed by atoms with Gasteiger partial charge in [0, 0.05) is 30.1 Å². The highest BCUT2D eigenvalue weighted by Crippen LogP contribution is 2.41. The van der Waals surface area contributed by atoms with Crippen LogP contribution in [0.25, 0.3) is 0 Å². The minimum atomic E-state index is -0.511. The smallest absolute Gasteiger partial charge is 0.407 e. The van der Waals surface area contributed by atoms with Crippen molar-refractivity contribution in [1.29, 1.82) is 0 Å². The Morgan fingerprint density at radius 2 is 1.85 bits per heavy atom. The molecule has 1 aromatic heterocycles. The van der Waals surface area contributed by atoms with E-state index in [1.165, 1.54) is 0 Å². The summed E-state index contributed by atoms with van der Waals surface area (Å²) in [7, 11) is 0.